The van der Waals surface area contributed by atoms with Gasteiger partial charge in [-0.2, -0.15) is 4.98 Å². The Morgan fingerprint density at radius 1 is 1.17 bits per heavy atom. The molecule has 2 aliphatic rings. The van der Waals surface area contributed by atoms with Gasteiger partial charge in [-0.15, -0.1) is 0 Å². The lowest BCUT2D eigenvalue weighted by atomic mass is 10.0. The molecule has 6 nitrogen and oxygen atoms in total. The number of rotatable bonds is 4. The number of carbonyl (C=O) groups excluding carboxylic acids is 1. The van der Waals surface area contributed by atoms with Crippen molar-refractivity contribution in [1.82, 2.24) is 9.88 Å². The number of piperidine rings is 1. The summed E-state index contributed by atoms with van der Waals surface area (Å²) in [4.78, 5) is 21.2. The third-order valence-corrected chi connectivity index (χ3v) is 4.82. The first-order valence-electron chi connectivity index (χ1n) is 8.35. The van der Waals surface area contributed by atoms with Gasteiger partial charge in [0.25, 0.3) is 0 Å². The maximum Gasteiger partial charge on any atom is 0.343 e. The first-order chi connectivity index (χ1) is 11.2. The monoisotopic (exact) mass is 319 g/mol. The van der Waals surface area contributed by atoms with E-state index in [0.29, 0.717) is 17.5 Å². The Morgan fingerprint density at radius 3 is 2.65 bits per heavy atom. The van der Waals surface area contributed by atoms with Crippen LogP contribution in [0.1, 0.15) is 36.0 Å². The Balaban J connectivity index is 1.76. The molecular weight excluding hydrogens is 294 g/mol. The zero-order valence-corrected chi connectivity index (χ0v) is 14.0. The summed E-state index contributed by atoms with van der Waals surface area (Å²) in [6.07, 6.45) is 5.06. The number of methoxy groups -OCH3 is 2. The predicted molar refractivity (Wildman–Crippen MR) is 88.2 cm³/mol. The summed E-state index contributed by atoms with van der Waals surface area (Å²) in [5, 5.41) is 0. The first kappa shape index (κ1) is 16.1. The van der Waals surface area contributed by atoms with Gasteiger partial charge in [-0.25, -0.2) is 4.79 Å². The standard InChI is InChI=1S/C17H25N3O3/c1-22-16-14(17(21)23-2)7-8-15(18-16)20-11-5-6-13(12-20)19-9-3-4-10-19/h7-8,13H,3-6,9-12H2,1-2H3. The second-order valence-electron chi connectivity index (χ2n) is 6.20. The molecule has 0 radical (unpaired) electrons. The Kier molecular flexibility index (Phi) is 5.00. The lowest BCUT2D eigenvalue weighted by Crippen LogP contribution is -2.47. The summed E-state index contributed by atoms with van der Waals surface area (Å²) in [6.45, 7) is 4.43. The van der Waals surface area contributed by atoms with Crippen molar-refractivity contribution in [3.05, 3.63) is 17.7 Å². The first-order valence-corrected chi connectivity index (χ1v) is 8.35. The van der Waals surface area contributed by atoms with E-state index in [1.165, 1.54) is 53.0 Å². The van der Waals surface area contributed by atoms with Gasteiger partial charge < -0.3 is 14.4 Å². The molecule has 3 rings (SSSR count). The molecule has 1 unspecified atom stereocenters. The van der Waals surface area contributed by atoms with E-state index in [4.69, 9.17) is 9.47 Å². The minimum atomic E-state index is -0.422. The second-order valence-corrected chi connectivity index (χ2v) is 6.20. The summed E-state index contributed by atoms with van der Waals surface area (Å²) >= 11 is 0. The molecule has 0 saturated carbocycles. The van der Waals surface area contributed by atoms with E-state index < -0.39 is 5.97 Å². The minimum Gasteiger partial charge on any atom is -0.480 e. The van der Waals surface area contributed by atoms with Crippen LogP contribution in [0.5, 0.6) is 5.88 Å². The van der Waals surface area contributed by atoms with Crippen molar-refractivity contribution < 1.29 is 14.3 Å². The SMILES string of the molecule is COC(=O)c1ccc(N2CCCC(N3CCCC3)C2)nc1OC. The Bertz CT molecular complexity index is 558. The molecule has 0 N–H and O–H groups in total. The van der Waals surface area contributed by atoms with Crippen LogP contribution in [0.15, 0.2) is 12.1 Å². The number of carbonyl (C=O) groups is 1. The summed E-state index contributed by atoms with van der Waals surface area (Å²) in [5.74, 6) is 0.783. The van der Waals surface area contributed by atoms with Gasteiger partial charge in [-0.3, -0.25) is 4.90 Å². The number of hydrogen-bond donors (Lipinski definition) is 0. The molecule has 0 aliphatic carbocycles. The molecule has 1 aromatic heterocycles. The smallest absolute Gasteiger partial charge is 0.343 e. The highest BCUT2D eigenvalue weighted by atomic mass is 16.5. The van der Waals surface area contributed by atoms with Gasteiger partial charge in [0.1, 0.15) is 11.4 Å². The third kappa shape index (κ3) is 3.42. The zero-order valence-electron chi connectivity index (χ0n) is 14.0. The molecule has 1 atom stereocenters. The number of pyridine rings is 1. The van der Waals surface area contributed by atoms with Crippen molar-refractivity contribution >= 4 is 11.8 Å². The van der Waals surface area contributed by atoms with Crippen molar-refractivity contribution in [3.63, 3.8) is 0 Å². The highest BCUT2D eigenvalue weighted by molar-refractivity contribution is 5.92. The Labute approximate surface area is 137 Å². The summed E-state index contributed by atoms with van der Waals surface area (Å²) in [5.41, 5.74) is 0.367. The zero-order chi connectivity index (χ0) is 16.2. The molecule has 2 aliphatic heterocycles. The van der Waals surface area contributed by atoms with E-state index in [1.807, 2.05) is 6.07 Å². The molecule has 1 aromatic rings. The van der Waals surface area contributed by atoms with Crippen LogP contribution in [0, 0.1) is 0 Å². The number of hydrogen-bond acceptors (Lipinski definition) is 6. The van der Waals surface area contributed by atoms with Gasteiger partial charge >= 0.3 is 5.97 Å². The van der Waals surface area contributed by atoms with E-state index in [9.17, 15) is 4.79 Å². The summed E-state index contributed by atoms with van der Waals surface area (Å²) < 4.78 is 10.0. The van der Waals surface area contributed by atoms with Gasteiger partial charge in [0.05, 0.1) is 14.2 Å². The van der Waals surface area contributed by atoms with Crippen LogP contribution in [0.2, 0.25) is 0 Å². The van der Waals surface area contributed by atoms with Crippen molar-refractivity contribution in [2.24, 2.45) is 0 Å². The van der Waals surface area contributed by atoms with E-state index >= 15 is 0 Å². The van der Waals surface area contributed by atoms with Crippen molar-refractivity contribution in [2.45, 2.75) is 31.7 Å². The van der Waals surface area contributed by atoms with Crippen LogP contribution in [-0.2, 0) is 4.74 Å². The number of ether oxygens (including phenoxy) is 2. The number of esters is 1. The van der Waals surface area contributed by atoms with Crippen LogP contribution >= 0.6 is 0 Å². The molecular formula is C17H25N3O3. The van der Waals surface area contributed by atoms with Gasteiger partial charge in [0.2, 0.25) is 5.88 Å². The van der Waals surface area contributed by atoms with Crippen molar-refractivity contribution in [2.75, 3.05) is 45.3 Å². The fourth-order valence-electron chi connectivity index (χ4n) is 3.60. The van der Waals surface area contributed by atoms with Crippen LogP contribution < -0.4 is 9.64 Å². The van der Waals surface area contributed by atoms with E-state index in [1.54, 1.807) is 6.07 Å². The minimum absolute atomic E-state index is 0.331. The largest absolute Gasteiger partial charge is 0.480 e. The molecule has 3 heterocycles. The topological polar surface area (TPSA) is 54.9 Å². The molecule has 0 spiro atoms. The lowest BCUT2D eigenvalue weighted by molar-refractivity contribution is 0.0596. The van der Waals surface area contributed by atoms with Crippen LogP contribution in [-0.4, -0.2) is 62.3 Å². The molecule has 0 bridgehead atoms. The molecule has 6 heteroatoms. The van der Waals surface area contributed by atoms with E-state index in [2.05, 4.69) is 14.8 Å². The van der Waals surface area contributed by atoms with Gasteiger partial charge in [0.15, 0.2) is 0 Å². The number of likely N-dealkylation sites (tertiary alicyclic amines) is 1. The van der Waals surface area contributed by atoms with E-state index in [0.717, 1.165) is 18.9 Å². The van der Waals surface area contributed by atoms with Crippen molar-refractivity contribution in [1.29, 1.82) is 0 Å². The van der Waals surface area contributed by atoms with Crippen LogP contribution in [0.25, 0.3) is 0 Å². The Morgan fingerprint density at radius 2 is 1.96 bits per heavy atom. The predicted octanol–water partition coefficient (Wildman–Crippen LogP) is 1.94. The van der Waals surface area contributed by atoms with E-state index in [-0.39, 0.29) is 0 Å². The average molecular weight is 319 g/mol. The Hall–Kier alpha value is -1.82. The highest BCUT2D eigenvalue weighted by Gasteiger charge is 2.28. The van der Waals surface area contributed by atoms with Gasteiger partial charge in [-0.1, -0.05) is 0 Å². The van der Waals surface area contributed by atoms with Crippen molar-refractivity contribution in [3.8, 4) is 5.88 Å². The number of aromatic nitrogens is 1. The fourth-order valence-corrected chi connectivity index (χ4v) is 3.60. The molecule has 0 aromatic carbocycles. The molecule has 0 amide bonds. The molecule has 23 heavy (non-hydrogen) atoms. The highest BCUT2D eigenvalue weighted by Crippen LogP contribution is 2.26. The summed E-state index contributed by atoms with van der Waals surface area (Å²) in [7, 11) is 2.89. The number of anilines is 1. The van der Waals surface area contributed by atoms with Gasteiger partial charge in [-0.05, 0) is 50.9 Å². The maximum atomic E-state index is 11.7. The van der Waals surface area contributed by atoms with Gasteiger partial charge in [0, 0.05) is 19.1 Å². The number of nitrogens with zero attached hydrogens (tertiary/aromatic N) is 3. The molecule has 2 saturated heterocycles. The molecule has 126 valence electrons. The van der Waals surface area contributed by atoms with Crippen LogP contribution in [0.4, 0.5) is 5.82 Å². The summed E-state index contributed by atoms with van der Waals surface area (Å²) in [6, 6.07) is 4.24. The lowest BCUT2D eigenvalue weighted by Gasteiger charge is -2.38. The maximum absolute atomic E-state index is 11.7. The quantitative estimate of drug-likeness (QED) is 0.791. The fraction of sp³-hybridized carbons (Fsp3) is 0.647. The third-order valence-electron chi connectivity index (χ3n) is 4.82. The molecule has 2 fully saturated rings. The second kappa shape index (κ2) is 7.17. The average Bonchev–Trinajstić information content (AvgIpc) is 3.15. The normalized spacial score (nSPS) is 22.2. The van der Waals surface area contributed by atoms with Crippen LogP contribution in [0.3, 0.4) is 0 Å².